The van der Waals surface area contributed by atoms with E-state index < -0.39 is 0 Å². The molecule has 21 heavy (non-hydrogen) atoms. The SMILES string of the molecule is CCNC(=O)NC[C@H]1CCN(Cc2cc(Cl)cc(Cl)c2)C1. The van der Waals surface area contributed by atoms with Gasteiger partial charge in [-0.2, -0.15) is 0 Å². The molecule has 0 aliphatic carbocycles. The molecular formula is C15H21Cl2N3O. The third-order valence-corrected chi connectivity index (χ3v) is 4.02. The van der Waals surface area contributed by atoms with Crippen LogP contribution in [0.4, 0.5) is 4.79 Å². The zero-order valence-electron chi connectivity index (χ0n) is 12.2. The van der Waals surface area contributed by atoms with Crippen molar-refractivity contribution in [3.05, 3.63) is 33.8 Å². The summed E-state index contributed by atoms with van der Waals surface area (Å²) in [5.74, 6) is 0.502. The van der Waals surface area contributed by atoms with E-state index in [1.165, 1.54) is 0 Å². The molecule has 6 heteroatoms. The number of nitrogens with one attached hydrogen (secondary N) is 2. The molecule has 1 aromatic carbocycles. The average Bonchev–Trinajstić information content (AvgIpc) is 2.83. The summed E-state index contributed by atoms with van der Waals surface area (Å²) in [5, 5.41) is 6.99. The van der Waals surface area contributed by atoms with E-state index in [9.17, 15) is 4.79 Å². The van der Waals surface area contributed by atoms with Crippen LogP contribution in [0.15, 0.2) is 18.2 Å². The van der Waals surface area contributed by atoms with Crippen LogP contribution in [0.2, 0.25) is 10.0 Å². The van der Waals surface area contributed by atoms with E-state index in [1.54, 1.807) is 6.07 Å². The Kier molecular flexibility index (Phi) is 6.15. The maximum absolute atomic E-state index is 11.4. The Labute approximate surface area is 135 Å². The molecule has 116 valence electrons. The van der Waals surface area contributed by atoms with Crippen molar-refractivity contribution in [3.63, 3.8) is 0 Å². The number of amides is 2. The number of hydrogen-bond acceptors (Lipinski definition) is 2. The molecule has 0 saturated carbocycles. The minimum Gasteiger partial charge on any atom is -0.338 e. The zero-order valence-corrected chi connectivity index (χ0v) is 13.7. The van der Waals surface area contributed by atoms with Crippen molar-refractivity contribution in [2.45, 2.75) is 19.9 Å². The lowest BCUT2D eigenvalue weighted by molar-refractivity contribution is 0.239. The fourth-order valence-corrected chi connectivity index (χ4v) is 3.21. The normalized spacial score (nSPS) is 18.7. The highest BCUT2D eigenvalue weighted by Crippen LogP contribution is 2.23. The first-order chi connectivity index (χ1) is 10.1. The molecule has 1 aliphatic rings. The first kappa shape index (κ1) is 16.4. The van der Waals surface area contributed by atoms with Gasteiger partial charge in [-0.15, -0.1) is 0 Å². The molecule has 1 aliphatic heterocycles. The van der Waals surface area contributed by atoms with Gasteiger partial charge in [0.1, 0.15) is 0 Å². The summed E-state index contributed by atoms with van der Waals surface area (Å²) in [6, 6.07) is 5.56. The lowest BCUT2D eigenvalue weighted by Gasteiger charge is -2.17. The summed E-state index contributed by atoms with van der Waals surface area (Å²) >= 11 is 12.0. The summed E-state index contributed by atoms with van der Waals surface area (Å²) in [4.78, 5) is 13.7. The highest BCUT2D eigenvalue weighted by Gasteiger charge is 2.22. The molecule has 0 radical (unpaired) electrons. The molecule has 0 spiro atoms. The van der Waals surface area contributed by atoms with Crippen LogP contribution in [0.1, 0.15) is 18.9 Å². The number of likely N-dealkylation sites (tertiary alicyclic amines) is 1. The molecule has 2 rings (SSSR count). The molecule has 0 aromatic heterocycles. The van der Waals surface area contributed by atoms with Crippen molar-refractivity contribution in [3.8, 4) is 0 Å². The molecule has 0 bridgehead atoms. The minimum absolute atomic E-state index is 0.0856. The Morgan fingerprint density at radius 1 is 1.29 bits per heavy atom. The molecule has 2 amide bonds. The zero-order chi connectivity index (χ0) is 15.2. The maximum atomic E-state index is 11.4. The number of nitrogens with zero attached hydrogens (tertiary/aromatic N) is 1. The van der Waals surface area contributed by atoms with E-state index in [2.05, 4.69) is 15.5 Å². The minimum atomic E-state index is -0.0856. The van der Waals surface area contributed by atoms with Crippen molar-refractivity contribution in [2.24, 2.45) is 5.92 Å². The number of carbonyl (C=O) groups excluding carboxylic acids is 1. The second-order valence-electron chi connectivity index (χ2n) is 5.41. The third kappa shape index (κ3) is 5.38. The highest BCUT2D eigenvalue weighted by atomic mass is 35.5. The molecule has 2 N–H and O–H groups in total. The van der Waals surface area contributed by atoms with Gasteiger partial charge in [-0.1, -0.05) is 23.2 Å². The van der Waals surface area contributed by atoms with Crippen LogP contribution in [0.25, 0.3) is 0 Å². The Balaban J connectivity index is 1.78. The van der Waals surface area contributed by atoms with E-state index in [4.69, 9.17) is 23.2 Å². The summed E-state index contributed by atoms with van der Waals surface area (Å²) in [5.41, 5.74) is 1.13. The Hall–Kier alpha value is -0.970. The van der Waals surface area contributed by atoms with Gasteiger partial charge in [0.2, 0.25) is 0 Å². The highest BCUT2D eigenvalue weighted by molar-refractivity contribution is 6.34. The van der Waals surface area contributed by atoms with Gasteiger partial charge in [0.25, 0.3) is 0 Å². The van der Waals surface area contributed by atoms with Crippen LogP contribution in [0.5, 0.6) is 0 Å². The lowest BCUT2D eigenvalue weighted by Crippen LogP contribution is -2.38. The third-order valence-electron chi connectivity index (χ3n) is 3.59. The van der Waals surface area contributed by atoms with Gasteiger partial charge in [-0.25, -0.2) is 4.79 Å². The number of halogens is 2. The number of carbonyl (C=O) groups is 1. The lowest BCUT2D eigenvalue weighted by atomic mass is 10.1. The first-order valence-corrected chi connectivity index (χ1v) is 8.01. The van der Waals surface area contributed by atoms with Crippen molar-refractivity contribution in [1.29, 1.82) is 0 Å². The van der Waals surface area contributed by atoms with Gasteiger partial charge >= 0.3 is 6.03 Å². The van der Waals surface area contributed by atoms with Crippen LogP contribution in [-0.4, -0.2) is 37.1 Å². The van der Waals surface area contributed by atoms with E-state index in [0.29, 0.717) is 22.5 Å². The van der Waals surface area contributed by atoms with Crippen molar-refractivity contribution >= 4 is 29.2 Å². The number of rotatable bonds is 5. The van der Waals surface area contributed by atoms with Gasteiger partial charge in [-0.3, -0.25) is 4.90 Å². The summed E-state index contributed by atoms with van der Waals surface area (Å²) < 4.78 is 0. The predicted molar refractivity (Wildman–Crippen MR) is 86.9 cm³/mol. The first-order valence-electron chi connectivity index (χ1n) is 7.26. The molecule has 1 heterocycles. The van der Waals surface area contributed by atoms with Gasteiger partial charge in [0.05, 0.1) is 0 Å². The largest absolute Gasteiger partial charge is 0.338 e. The van der Waals surface area contributed by atoms with Crippen molar-refractivity contribution in [2.75, 3.05) is 26.2 Å². The molecule has 4 nitrogen and oxygen atoms in total. The van der Waals surface area contributed by atoms with Crippen LogP contribution in [0, 0.1) is 5.92 Å². The van der Waals surface area contributed by atoms with Gasteiger partial charge in [-0.05, 0) is 49.6 Å². The Morgan fingerprint density at radius 2 is 2.00 bits per heavy atom. The molecule has 1 fully saturated rings. The van der Waals surface area contributed by atoms with Gasteiger partial charge in [0, 0.05) is 36.2 Å². The van der Waals surface area contributed by atoms with E-state index >= 15 is 0 Å². The number of benzene rings is 1. The summed E-state index contributed by atoms with van der Waals surface area (Å²) in [7, 11) is 0. The number of urea groups is 1. The summed E-state index contributed by atoms with van der Waals surface area (Å²) in [6.45, 7) is 6.14. The van der Waals surface area contributed by atoms with E-state index in [1.807, 2.05) is 19.1 Å². The fraction of sp³-hybridized carbons (Fsp3) is 0.533. The van der Waals surface area contributed by atoms with Crippen LogP contribution < -0.4 is 10.6 Å². The second-order valence-corrected chi connectivity index (χ2v) is 6.28. The van der Waals surface area contributed by atoms with Crippen LogP contribution >= 0.6 is 23.2 Å². The molecular weight excluding hydrogens is 309 g/mol. The van der Waals surface area contributed by atoms with Crippen LogP contribution in [0.3, 0.4) is 0 Å². The average molecular weight is 330 g/mol. The molecule has 0 unspecified atom stereocenters. The Bertz CT molecular complexity index is 476. The maximum Gasteiger partial charge on any atom is 0.314 e. The quantitative estimate of drug-likeness (QED) is 0.871. The number of hydrogen-bond donors (Lipinski definition) is 2. The summed E-state index contributed by atoms with van der Waals surface area (Å²) in [6.07, 6.45) is 1.10. The second kappa shape index (κ2) is 7.87. The molecule has 1 aromatic rings. The van der Waals surface area contributed by atoms with Crippen LogP contribution in [-0.2, 0) is 6.54 Å². The van der Waals surface area contributed by atoms with Crippen molar-refractivity contribution < 1.29 is 4.79 Å². The molecule has 1 atom stereocenters. The monoisotopic (exact) mass is 329 g/mol. The van der Waals surface area contributed by atoms with Gasteiger partial charge in [0.15, 0.2) is 0 Å². The van der Waals surface area contributed by atoms with E-state index in [0.717, 1.165) is 38.2 Å². The fourth-order valence-electron chi connectivity index (χ4n) is 2.64. The van der Waals surface area contributed by atoms with Gasteiger partial charge < -0.3 is 10.6 Å². The smallest absolute Gasteiger partial charge is 0.314 e. The van der Waals surface area contributed by atoms with E-state index in [-0.39, 0.29) is 6.03 Å². The van der Waals surface area contributed by atoms with Crippen molar-refractivity contribution in [1.82, 2.24) is 15.5 Å². The Morgan fingerprint density at radius 3 is 2.67 bits per heavy atom. The predicted octanol–water partition coefficient (Wildman–Crippen LogP) is 3.13. The molecule has 1 saturated heterocycles. The standard InChI is InChI=1S/C15H21Cl2N3O/c1-2-18-15(21)19-8-11-3-4-20(9-11)10-12-5-13(16)7-14(17)6-12/h5-7,11H,2-4,8-10H2,1H3,(H2,18,19,21)/t11-/m1/s1. The topological polar surface area (TPSA) is 44.4 Å².